The van der Waals surface area contributed by atoms with Gasteiger partial charge in [0.15, 0.2) is 0 Å². The first-order valence-corrected chi connectivity index (χ1v) is 8.35. The predicted octanol–water partition coefficient (Wildman–Crippen LogP) is 0.324. The van der Waals surface area contributed by atoms with E-state index in [1.165, 1.54) is 16.4 Å². The van der Waals surface area contributed by atoms with Gasteiger partial charge in [-0.3, -0.25) is 4.79 Å². The smallest absolute Gasteiger partial charge is 0.249 e. The summed E-state index contributed by atoms with van der Waals surface area (Å²) in [6, 6.07) is 4.52. The number of nitrogens with one attached hydrogen (secondary N) is 1. The van der Waals surface area contributed by atoms with Crippen molar-refractivity contribution in [3.05, 3.63) is 29.3 Å². The SMILES string of the molecule is CNCC1CCN(S(=O)(=O)c2ccc(C)c(C(N)=O)c2)C1. The highest BCUT2D eigenvalue weighted by Gasteiger charge is 2.32. The molecule has 21 heavy (non-hydrogen) atoms. The fraction of sp³-hybridized carbons (Fsp3) is 0.500. The van der Waals surface area contributed by atoms with Gasteiger partial charge in [-0.1, -0.05) is 6.07 Å². The summed E-state index contributed by atoms with van der Waals surface area (Å²) in [7, 11) is -1.71. The van der Waals surface area contributed by atoms with Gasteiger partial charge in [0, 0.05) is 18.7 Å². The minimum Gasteiger partial charge on any atom is -0.366 e. The molecule has 1 aliphatic rings. The van der Waals surface area contributed by atoms with Gasteiger partial charge in [-0.2, -0.15) is 4.31 Å². The molecule has 2 rings (SSSR count). The van der Waals surface area contributed by atoms with Crippen LogP contribution in [-0.2, 0) is 10.0 Å². The van der Waals surface area contributed by atoms with Gasteiger partial charge in [0.1, 0.15) is 0 Å². The van der Waals surface area contributed by atoms with E-state index in [0.29, 0.717) is 24.6 Å². The van der Waals surface area contributed by atoms with E-state index in [9.17, 15) is 13.2 Å². The fourth-order valence-electron chi connectivity index (χ4n) is 2.65. The summed E-state index contributed by atoms with van der Waals surface area (Å²) in [5, 5.41) is 3.07. The zero-order valence-corrected chi connectivity index (χ0v) is 13.1. The molecular weight excluding hydrogens is 290 g/mol. The number of primary amides is 1. The average molecular weight is 311 g/mol. The number of hydrogen-bond acceptors (Lipinski definition) is 4. The van der Waals surface area contributed by atoms with Crippen LogP contribution in [0.4, 0.5) is 0 Å². The standard InChI is InChI=1S/C14H21N3O3S/c1-10-3-4-12(7-13(10)14(15)18)21(19,20)17-6-5-11(9-17)8-16-2/h3-4,7,11,16H,5-6,8-9H2,1-2H3,(H2,15,18). The van der Waals surface area contributed by atoms with E-state index in [4.69, 9.17) is 5.73 Å². The van der Waals surface area contributed by atoms with Crippen LogP contribution < -0.4 is 11.1 Å². The number of aryl methyl sites for hydroxylation is 1. The Hall–Kier alpha value is -1.44. The molecule has 1 atom stereocenters. The number of benzene rings is 1. The molecule has 7 heteroatoms. The summed E-state index contributed by atoms with van der Waals surface area (Å²) in [5.41, 5.74) is 6.21. The third kappa shape index (κ3) is 3.25. The lowest BCUT2D eigenvalue weighted by Gasteiger charge is -2.17. The van der Waals surface area contributed by atoms with E-state index in [0.717, 1.165) is 13.0 Å². The van der Waals surface area contributed by atoms with Crippen LogP contribution in [0.1, 0.15) is 22.3 Å². The second-order valence-corrected chi connectivity index (χ2v) is 7.35. The molecule has 116 valence electrons. The minimum absolute atomic E-state index is 0.131. The van der Waals surface area contributed by atoms with Crippen LogP contribution in [0, 0.1) is 12.8 Å². The number of rotatable bonds is 5. The largest absolute Gasteiger partial charge is 0.366 e. The van der Waals surface area contributed by atoms with Gasteiger partial charge in [0.05, 0.1) is 4.90 Å². The molecular formula is C14H21N3O3S. The molecule has 1 heterocycles. The lowest BCUT2D eigenvalue weighted by molar-refractivity contribution is 0.0999. The van der Waals surface area contributed by atoms with E-state index in [2.05, 4.69) is 5.32 Å². The fourth-order valence-corrected chi connectivity index (χ4v) is 4.20. The topological polar surface area (TPSA) is 92.5 Å². The quantitative estimate of drug-likeness (QED) is 0.819. The summed E-state index contributed by atoms with van der Waals surface area (Å²) < 4.78 is 26.7. The Balaban J connectivity index is 2.28. The molecule has 0 aliphatic carbocycles. The summed E-state index contributed by atoms with van der Waals surface area (Å²) in [4.78, 5) is 11.5. The first-order valence-electron chi connectivity index (χ1n) is 6.91. The van der Waals surface area contributed by atoms with Crippen molar-refractivity contribution in [3.8, 4) is 0 Å². The molecule has 0 spiro atoms. The molecule has 1 amide bonds. The van der Waals surface area contributed by atoms with Gasteiger partial charge in [0.2, 0.25) is 15.9 Å². The number of carbonyl (C=O) groups excluding carboxylic acids is 1. The van der Waals surface area contributed by atoms with E-state index < -0.39 is 15.9 Å². The summed E-state index contributed by atoms with van der Waals surface area (Å²) >= 11 is 0. The van der Waals surface area contributed by atoms with Gasteiger partial charge < -0.3 is 11.1 Å². The third-order valence-electron chi connectivity index (χ3n) is 3.85. The van der Waals surface area contributed by atoms with Crippen molar-refractivity contribution in [2.45, 2.75) is 18.2 Å². The first kappa shape index (κ1) is 15.9. The van der Waals surface area contributed by atoms with Gasteiger partial charge in [-0.05, 0) is 50.6 Å². The van der Waals surface area contributed by atoms with Crippen LogP contribution in [0.25, 0.3) is 0 Å². The molecule has 0 radical (unpaired) electrons. The predicted molar refractivity (Wildman–Crippen MR) is 80.5 cm³/mol. The molecule has 1 unspecified atom stereocenters. The second-order valence-electron chi connectivity index (χ2n) is 5.42. The Morgan fingerprint density at radius 3 is 2.81 bits per heavy atom. The summed E-state index contributed by atoms with van der Waals surface area (Å²) in [6.07, 6.45) is 0.842. The van der Waals surface area contributed by atoms with Crippen molar-refractivity contribution in [2.24, 2.45) is 11.7 Å². The minimum atomic E-state index is -3.56. The molecule has 1 aromatic rings. The van der Waals surface area contributed by atoms with Crippen LogP contribution in [0.2, 0.25) is 0 Å². The van der Waals surface area contributed by atoms with Crippen LogP contribution in [0.3, 0.4) is 0 Å². The number of amides is 1. The Kier molecular flexibility index (Phi) is 4.65. The van der Waals surface area contributed by atoms with E-state index >= 15 is 0 Å². The Bertz CT molecular complexity index is 643. The van der Waals surface area contributed by atoms with Crippen LogP contribution in [0.15, 0.2) is 23.1 Å². The molecule has 0 bridgehead atoms. The lowest BCUT2D eigenvalue weighted by atomic mass is 10.1. The maximum absolute atomic E-state index is 12.6. The van der Waals surface area contributed by atoms with Crippen LogP contribution in [-0.4, -0.2) is 45.3 Å². The number of sulfonamides is 1. The molecule has 1 fully saturated rings. The van der Waals surface area contributed by atoms with Gasteiger partial charge in [-0.25, -0.2) is 8.42 Å². The molecule has 6 nitrogen and oxygen atoms in total. The average Bonchev–Trinajstić information content (AvgIpc) is 2.88. The maximum Gasteiger partial charge on any atom is 0.249 e. The first-order chi connectivity index (χ1) is 9.86. The Morgan fingerprint density at radius 1 is 1.48 bits per heavy atom. The molecule has 1 aliphatic heterocycles. The molecule has 1 saturated heterocycles. The van der Waals surface area contributed by atoms with Crippen molar-refractivity contribution >= 4 is 15.9 Å². The molecule has 0 aromatic heterocycles. The normalized spacial score (nSPS) is 19.8. The summed E-state index contributed by atoms with van der Waals surface area (Å²) in [5.74, 6) is -0.287. The van der Waals surface area contributed by atoms with Crippen molar-refractivity contribution in [1.29, 1.82) is 0 Å². The van der Waals surface area contributed by atoms with Gasteiger partial charge in [-0.15, -0.1) is 0 Å². The molecule has 1 aromatic carbocycles. The highest BCUT2D eigenvalue weighted by Crippen LogP contribution is 2.25. The van der Waals surface area contributed by atoms with Gasteiger partial charge >= 0.3 is 0 Å². The van der Waals surface area contributed by atoms with Crippen LogP contribution >= 0.6 is 0 Å². The molecule has 0 saturated carbocycles. The Labute approximate surface area is 125 Å². The van der Waals surface area contributed by atoms with Crippen molar-refractivity contribution in [2.75, 3.05) is 26.7 Å². The number of hydrogen-bond donors (Lipinski definition) is 2. The highest BCUT2D eigenvalue weighted by atomic mass is 32.2. The number of carbonyl (C=O) groups is 1. The lowest BCUT2D eigenvalue weighted by Crippen LogP contribution is -2.30. The second kappa shape index (κ2) is 6.13. The number of nitrogens with two attached hydrogens (primary N) is 1. The summed E-state index contributed by atoms with van der Waals surface area (Å²) in [6.45, 7) is 3.54. The van der Waals surface area contributed by atoms with E-state index in [1.54, 1.807) is 13.0 Å². The van der Waals surface area contributed by atoms with Crippen LogP contribution in [0.5, 0.6) is 0 Å². The van der Waals surface area contributed by atoms with Crippen molar-refractivity contribution in [1.82, 2.24) is 9.62 Å². The van der Waals surface area contributed by atoms with Crippen molar-refractivity contribution < 1.29 is 13.2 Å². The van der Waals surface area contributed by atoms with E-state index in [-0.39, 0.29) is 10.5 Å². The monoisotopic (exact) mass is 311 g/mol. The zero-order chi connectivity index (χ0) is 15.6. The zero-order valence-electron chi connectivity index (χ0n) is 12.3. The molecule has 3 N–H and O–H groups in total. The highest BCUT2D eigenvalue weighted by molar-refractivity contribution is 7.89. The van der Waals surface area contributed by atoms with E-state index in [1.807, 2.05) is 7.05 Å². The Morgan fingerprint density at radius 2 is 2.19 bits per heavy atom. The van der Waals surface area contributed by atoms with Gasteiger partial charge in [0.25, 0.3) is 0 Å². The van der Waals surface area contributed by atoms with Crippen molar-refractivity contribution in [3.63, 3.8) is 0 Å². The number of nitrogens with zero attached hydrogens (tertiary/aromatic N) is 1. The third-order valence-corrected chi connectivity index (χ3v) is 5.71. The maximum atomic E-state index is 12.6.